The van der Waals surface area contributed by atoms with Crippen molar-refractivity contribution in [2.45, 2.75) is 19.2 Å². The lowest BCUT2D eigenvalue weighted by Gasteiger charge is -2.15. The summed E-state index contributed by atoms with van der Waals surface area (Å²) in [4.78, 5) is 11.9. The van der Waals surface area contributed by atoms with Gasteiger partial charge in [0.05, 0.1) is 6.61 Å². The number of hydrogen-bond acceptors (Lipinski definition) is 4. The molecular formula is C17H19NO3. The van der Waals surface area contributed by atoms with Gasteiger partial charge in [-0.2, -0.15) is 0 Å². The van der Waals surface area contributed by atoms with E-state index in [9.17, 15) is 9.90 Å². The average Bonchev–Trinajstić information content (AvgIpc) is 2.55. The van der Waals surface area contributed by atoms with Crippen LogP contribution in [-0.2, 0) is 22.7 Å². The van der Waals surface area contributed by atoms with Crippen LogP contribution in [0.4, 0.5) is 0 Å². The molecule has 0 aliphatic heterocycles. The first-order chi connectivity index (χ1) is 10.3. The fourth-order valence-corrected chi connectivity index (χ4v) is 1.89. The zero-order valence-electron chi connectivity index (χ0n) is 11.7. The molecule has 0 saturated heterocycles. The lowest BCUT2D eigenvalue weighted by Crippen LogP contribution is -2.40. The summed E-state index contributed by atoms with van der Waals surface area (Å²) >= 11 is 0. The number of hydrogen-bond donors (Lipinski definition) is 2. The minimum absolute atomic E-state index is 0.211. The first-order valence-corrected chi connectivity index (χ1v) is 6.88. The number of aliphatic hydroxyl groups is 1. The SMILES string of the molecule is O=C(OCc1ccccc1)[C@H](CO)NCc1ccccc1. The molecule has 0 amide bonds. The maximum Gasteiger partial charge on any atom is 0.325 e. The average molecular weight is 285 g/mol. The molecule has 4 nitrogen and oxygen atoms in total. The zero-order valence-corrected chi connectivity index (χ0v) is 11.7. The van der Waals surface area contributed by atoms with E-state index in [-0.39, 0.29) is 13.2 Å². The fraction of sp³-hybridized carbons (Fsp3) is 0.235. The molecule has 2 aromatic rings. The van der Waals surface area contributed by atoms with Gasteiger partial charge in [-0.3, -0.25) is 10.1 Å². The van der Waals surface area contributed by atoms with Crippen LogP contribution in [0.25, 0.3) is 0 Å². The van der Waals surface area contributed by atoms with E-state index >= 15 is 0 Å². The summed E-state index contributed by atoms with van der Waals surface area (Å²) < 4.78 is 5.21. The van der Waals surface area contributed by atoms with Gasteiger partial charge in [-0.25, -0.2) is 0 Å². The van der Waals surface area contributed by atoms with E-state index in [0.717, 1.165) is 11.1 Å². The third-order valence-corrected chi connectivity index (χ3v) is 3.09. The molecule has 0 aliphatic carbocycles. The van der Waals surface area contributed by atoms with Crippen molar-refractivity contribution in [3.63, 3.8) is 0 Å². The number of rotatable bonds is 7. The van der Waals surface area contributed by atoms with Crippen LogP contribution in [0.1, 0.15) is 11.1 Å². The minimum Gasteiger partial charge on any atom is -0.460 e. The largest absolute Gasteiger partial charge is 0.460 e. The van der Waals surface area contributed by atoms with Crippen LogP contribution in [0.2, 0.25) is 0 Å². The third kappa shape index (κ3) is 5.02. The molecule has 0 spiro atoms. The number of carbonyl (C=O) groups is 1. The highest BCUT2D eigenvalue weighted by molar-refractivity contribution is 5.75. The second-order valence-electron chi connectivity index (χ2n) is 4.69. The lowest BCUT2D eigenvalue weighted by atomic mass is 10.2. The van der Waals surface area contributed by atoms with Gasteiger partial charge in [0.2, 0.25) is 0 Å². The third-order valence-electron chi connectivity index (χ3n) is 3.09. The summed E-state index contributed by atoms with van der Waals surface area (Å²) in [5.74, 6) is -0.447. The number of esters is 1. The van der Waals surface area contributed by atoms with Crippen LogP contribution in [-0.4, -0.2) is 23.7 Å². The molecule has 2 rings (SSSR count). The summed E-state index contributed by atoms with van der Waals surface area (Å²) in [7, 11) is 0. The summed E-state index contributed by atoms with van der Waals surface area (Å²) in [5, 5.41) is 12.3. The first-order valence-electron chi connectivity index (χ1n) is 6.88. The topological polar surface area (TPSA) is 58.6 Å². The molecule has 21 heavy (non-hydrogen) atoms. The smallest absolute Gasteiger partial charge is 0.325 e. The number of carbonyl (C=O) groups excluding carboxylic acids is 1. The molecule has 2 aromatic carbocycles. The Morgan fingerprint density at radius 3 is 2.14 bits per heavy atom. The van der Waals surface area contributed by atoms with Crippen molar-refractivity contribution in [3.05, 3.63) is 71.8 Å². The van der Waals surface area contributed by atoms with Gasteiger partial charge in [0.25, 0.3) is 0 Å². The molecule has 0 aliphatic rings. The van der Waals surface area contributed by atoms with Crippen molar-refractivity contribution < 1.29 is 14.6 Å². The Balaban J connectivity index is 1.81. The first kappa shape index (κ1) is 15.2. The Bertz CT molecular complexity index is 542. The summed E-state index contributed by atoms with van der Waals surface area (Å²) in [6.07, 6.45) is 0. The molecule has 0 saturated carbocycles. The van der Waals surface area contributed by atoms with Gasteiger partial charge in [-0.15, -0.1) is 0 Å². The van der Waals surface area contributed by atoms with Gasteiger partial charge >= 0.3 is 5.97 Å². The van der Waals surface area contributed by atoms with Gasteiger partial charge in [-0.05, 0) is 11.1 Å². The predicted octanol–water partition coefficient (Wildman–Crippen LogP) is 1.88. The quantitative estimate of drug-likeness (QED) is 0.763. The lowest BCUT2D eigenvalue weighted by molar-refractivity contribution is -0.148. The van der Waals surface area contributed by atoms with E-state index in [2.05, 4.69) is 5.32 Å². The van der Waals surface area contributed by atoms with Crippen LogP contribution in [0.3, 0.4) is 0 Å². The maximum atomic E-state index is 11.9. The van der Waals surface area contributed by atoms with E-state index in [4.69, 9.17) is 4.74 Å². The van der Waals surface area contributed by atoms with E-state index in [1.54, 1.807) is 0 Å². The highest BCUT2D eigenvalue weighted by atomic mass is 16.5. The Morgan fingerprint density at radius 2 is 1.57 bits per heavy atom. The van der Waals surface area contributed by atoms with E-state index in [1.165, 1.54) is 0 Å². The molecule has 0 heterocycles. The molecule has 4 heteroatoms. The Kier molecular flexibility index (Phi) is 5.94. The van der Waals surface area contributed by atoms with Crippen molar-refractivity contribution in [3.8, 4) is 0 Å². The number of benzene rings is 2. The normalized spacial score (nSPS) is 11.9. The van der Waals surface area contributed by atoms with Gasteiger partial charge in [0, 0.05) is 6.54 Å². The van der Waals surface area contributed by atoms with Gasteiger partial charge in [0.15, 0.2) is 0 Å². The van der Waals surface area contributed by atoms with E-state index in [1.807, 2.05) is 60.7 Å². The highest BCUT2D eigenvalue weighted by Crippen LogP contribution is 2.03. The molecule has 2 N–H and O–H groups in total. The predicted molar refractivity (Wildman–Crippen MR) is 80.4 cm³/mol. The monoisotopic (exact) mass is 285 g/mol. The molecule has 0 radical (unpaired) electrons. The number of ether oxygens (including phenoxy) is 1. The van der Waals surface area contributed by atoms with Crippen LogP contribution >= 0.6 is 0 Å². The number of nitrogens with one attached hydrogen (secondary N) is 1. The van der Waals surface area contributed by atoms with Crippen molar-refractivity contribution in [2.24, 2.45) is 0 Å². The highest BCUT2D eigenvalue weighted by Gasteiger charge is 2.18. The Morgan fingerprint density at radius 1 is 1.00 bits per heavy atom. The second-order valence-corrected chi connectivity index (χ2v) is 4.69. The minimum atomic E-state index is -0.714. The standard InChI is InChI=1S/C17H19NO3/c19-12-16(18-11-14-7-3-1-4-8-14)17(20)21-13-15-9-5-2-6-10-15/h1-10,16,18-19H,11-13H2/t16-/m0/s1. The maximum absolute atomic E-state index is 11.9. The van der Waals surface area contributed by atoms with Crippen molar-refractivity contribution in [2.75, 3.05) is 6.61 Å². The molecule has 0 bridgehead atoms. The van der Waals surface area contributed by atoms with Crippen molar-refractivity contribution in [1.82, 2.24) is 5.32 Å². The number of aliphatic hydroxyl groups excluding tert-OH is 1. The summed E-state index contributed by atoms with van der Waals surface area (Å²) in [5.41, 5.74) is 1.97. The van der Waals surface area contributed by atoms with Crippen LogP contribution < -0.4 is 5.32 Å². The summed E-state index contributed by atoms with van der Waals surface area (Å²) in [6.45, 7) is 0.427. The van der Waals surface area contributed by atoms with Gasteiger partial charge in [0.1, 0.15) is 12.6 Å². The van der Waals surface area contributed by atoms with Crippen molar-refractivity contribution in [1.29, 1.82) is 0 Å². The molecule has 1 atom stereocenters. The van der Waals surface area contributed by atoms with Gasteiger partial charge in [-0.1, -0.05) is 60.7 Å². The van der Waals surface area contributed by atoms with Gasteiger partial charge < -0.3 is 9.84 Å². The summed E-state index contributed by atoms with van der Waals surface area (Å²) in [6, 6.07) is 18.4. The van der Waals surface area contributed by atoms with Crippen LogP contribution in [0.15, 0.2) is 60.7 Å². The van der Waals surface area contributed by atoms with E-state index in [0.29, 0.717) is 6.54 Å². The molecular weight excluding hydrogens is 266 g/mol. The Hall–Kier alpha value is -2.17. The molecule has 0 aromatic heterocycles. The fourth-order valence-electron chi connectivity index (χ4n) is 1.89. The van der Waals surface area contributed by atoms with Crippen LogP contribution in [0.5, 0.6) is 0 Å². The Labute approximate surface area is 124 Å². The second kappa shape index (κ2) is 8.19. The zero-order chi connectivity index (χ0) is 14.9. The molecule has 0 unspecified atom stereocenters. The molecule has 0 fully saturated rings. The van der Waals surface area contributed by atoms with Crippen molar-refractivity contribution >= 4 is 5.97 Å². The van der Waals surface area contributed by atoms with Crippen LogP contribution in [0, 0.1) is 0 Å². The molecule has 110 valence electrons. The van der Waals surface area contributed by atoms with E-state index < -0.39 is 12.0 Å².